The summed E-state index contributed by atoms with van der Waals surface area (Å²) >= 11 is 1.82. The zero-order valence-corrected chi connectivity index (χ0v) is 16.6. The predicted molar refractivity (Wildman–Crippen MR) is 109 cm³/mol. The second-order valence-electron chi connectivity index (χ2n) is 6.07. The minimum absolute atomic E-state index is 0.507. The average molecular weight is 376 g/mol. The molecule has 1 atom stereocenters. The lowest BCUT2D eigenvalue weighted by molar-refractivity contribution is 0.405. The summed E-state index contributed by atoms with van der Waals surface area (Å²) in [5.41, 5.74) is 0. The fraction of sp³-hybridized carbons (Fsp3) is 0.474. The first-order valence-electron chi connectivity index (χ1n) is 8.90. The Kier molecular flexibility index (Phi) is 8.89. The molecule has 2 rings (SSSR count). The monoisotopic (exact) mass is 375 g/mol. The summed E-state index contributed by atoms with van der Waals surface area (Å²) in [5.74, 6) is 3.31. The van der Waals surface area contributed by atoms with E-state index in [0.717, 1.165) is 43.5 Å². The summed E-state index contributed by atoms with van der Waals surface area (Å²) in [6, 6.07) is 10.1. The number of guanidine groups is 1. The molecule has 2 aromatic rings. The highest BCUT2D eigenvalue weighted by Crippen LogP contribution is 2.29. The Bertz CT molecular complexity index is 660. The van der Waals surface area contributed by atoms with Crippen molar-refractivity contribution in [3.8, 4) is 5.75 Å². The number of para-hydroxylation sites is 1. The zero-order valence-electron chi connectivity index (χ0n) is 15.8. The first-order chi connectivity index (χ1) is 12.7. The highest BCUT2D eigenvalue weighted by molar-refractivity contribution is 7.99. The molecule has 0 aliphatic heterocycles. The summed E-state index contributed by atoms with van der Waals surface area (Å²) in [4.78, 5) is 5.47. The Labute approximate surface area is 160 Å². The fourth-order valence-corrected chi connectivity index (χ4v) is 3.45. The van der Waals surface area contributed by atoms with E-state index in [1.165, 1.54) is 4.90 Å². The molecule has 0 amide bonds. The second kappa shape index (κ2) is 11.5. The van der Waals surface area contributed by atoms with E-state index in [9.17, 15) is 0 Å². The van der Waals surface area contributed by atoms with Crippen LogP contribution in [0.25, 0.3) is 0 Å². The molecular weight excluding hydrogens is 346 g/mol. The predicted octanol–water partition coefficient (Wildman–Crippen LogP) is 2.88. The maximum atomic E-state index is 5.40. The maximum absolute atomic E-state index is 5.40. The summed E-state index contributed by atoms with van der Waals surface area (Å²) in [5, 5.41) is 11.0. The Hall–Kier alpha value is -2.15. The lowest BCUT2D eigenvalue weighted by atomic mass is 10.2. The molecule has 0 spiro atoms. The Morgan fingerprint density at radius 2 is 2.15 bits per heavy atom. The Balaban J connectivity index is 1.63. The normalized spacial score (nSPS) is 12.7. The molecule has 0 bridgehead atoms. The van der Waals surface area contributed by atoms with Crippen LogP contribution >= 0.6 is 11.8 Å². The molecule has 1 unspecified atom stereocenters. The van der Waals surface area contributed by atoms with Crippen molar-refractivity contribution in [3.05, 3.63) is 42.7 Å². The molecular formula is C19H29N5OS. The minimum atomic E-state index is 0.507. The fourth-order valence-electron chi connectivity index (χ4n) is 2.40. The topological polar surface area (TPSA) is 63.5 Å². The Morgan fingerprint density at radius 1 is 1.31 bits per heavy atom. The van der Waals surface area contributed by atoms with Gasteiger partial charge in [-0.15, -0.1) is 11.8 Å². The number of thioether (sulfide) groups is 1. The molecule has 2 N–H and O–H groups in total. The number of nitrogens with zero attached hydrogens (tertiary/aromatic N) is 3. The van der Waals surface area contributed by atoms with Gasteiger partial charge in [0.25, 0.3) is 0 Å². The smallest absolute Gasteiger partial charge is 0.190 e. The van der Waals surface area contributed by atoms with Gasteiger partial charge in [0.15, 0.2) is 5.96 Å². The molecule has 0 saturated heterocycles. The molecule has 0 aliphatic rings. The van der Waals surface area contributed by atoms with Gasteiger partial charge < -0.3 is 15.4 Å². The van der Waals surface area contributed by atoms with E-state index in [1.54, 1.807) is 20.4 Å². The van der Waals surface area contributed by atoms with Crippen molar-refractivity contribution in [2.45, 2.75) is 24.8 Å². The van der Waals surface area contributed by atoms with Gasteiger partial charge in [0.2, 0.25) is 0 Å². The van der Waals surface area contributed by atoms with Crippen LogP contribution in [0, 0.1) is 5.92 Å². The van der Waals surface area contributed by atoms with E-state index in [2.05, 4.69) is 33.7 Å². The van der Waals surface area contributed by atoms with E-state index in [-0.39, 0.29) is 0 Å². The van der Waals surface area contributed by atoms with Crippen LogP contribution < -0.4 is 15.4 Å². The van der Waals surface area contributed by atoms with Crippen LogP contribution in [0.3, 0.4) is 0 Å². The summed E-state index contributed by atoms with van der Waals surface area (Å²) in [7, 11) is 3.52. The third-order valence-electron chi connectivity index (χ3n) is 3.85. The molecule has 1 heterocycles. The molecule has 1 aromatic carbocycles. The lowest BCUT2D eigenvalue weighted by Gasteiger charge is -2.16. The molecule has 6 nitrogen and oxygen atoms in total. The molecule has 0 radical (unpaired) electrons. The maximum Gasteiger partial charge on any atom is 0.190 e. The number of aromatic nitrogens is 2. The van der Waals surface area contributed by atoms with Crippen LogP contribution in [0.1, 0.15) is 13.3 Å². The summed E-state index contributed by atoms with van der Waals surface area (Å²) in [6.07, 6.45) is 4.79. The third-order valence-corrected chi connectivity index (χ3v) is 5.23. The van der Waals surface area contributed by atoms with E-state index in [1.807, 2.05) is 46.9 Å². The van der Waals surface area contributed by atoms with Crippen LogP contribution in [-0.2, 0) is 6.54 Å². The van der Waals surface area contributed by atoms with Gasteiger partial charge in [-0.2, -0.15) is 5.10 Å². The summed E-state index contributed by atoms with van der Waals surface area (Å²) in [6.45, 7) is 4.88. The number of aryl methyl sites for hydroxylation is 1. The van der Waals surface area contributed by atoms with Gasteiger partial charge in [0, 0.05) is 49.7 Å². The van der Waals surface area contributed by atoms with E-state index < -0.39 is 0 Å². The third kappa shape index (κ3) is 7.00. The molecule has 142 valence electrons. The lowest BCUT2D eigenvalue weighted by Crippen LogP contribution is -2.40. The highest BCUT2D eigenvalue weighted by atomic mass is 32.2. The number of hydrogen-bond donors (Lipinski definition) is 2. The van der Waals surface area contributed by atoms with E-state index >= 15 is 0 Å². The van der Waals surface area contributed by atoms with Crippen molar-refractivity contribution in [1.82, 2.24) is 20.4 Å². The number of nitrogens with one attached hydrogen (secondary N) is 2. The van der Waals surface area contributed by atoms with Crippen LogP contribution in [-0.4, -0.2) is 48.7 Å². The standard InChI is InChI=1S/C19H29N5OS/c1-16(15-26-18-9-5-4-8-17(18)25-3)14-22-19(20-2)21-10-6-12-24-13-7-11-23-24/h4-5,7-9,11,13,16H,6,10,12,14-15H2,1-3H3,(H2,20,21,22). The van der Waals surface area contributed by atoms with Crippen molar-refractivity contribution in [2.24, 2.45) is 10.9 Å². The van der Waals surface area contributed by atoms with Gasteiger partial charge >= 0.3 is 0 Å². The van der Waals surface area contributed by atoms with Gasteiger partial charge in [-0.25, -0.2) is 0 Å². The average Bonchev–Trinajstić information content (AvgIpc) is 3.19. The van der Waals surface area contributed by atoms with Gasteiger partial charge in [-0.3, -0.25) is 9.67 Å². The van der Waals surface area contributed by atoms with Gasteiger partial charge in [-0.1, -0.05) is 19.1 Å². The molecule has 0 fully saturated rings. The quantitative estimate of drug-likeness (QED) is 0.289. The molecule has 1 aromatic heterocycles. The zero-order chi connectivity index (χ0) is 18.6. The first kappa shape index (κ1) is 20.2. The van der Waals surface area contributed by atoms with E-state index in [0.29, 0.717) is 5.92 Å². The molecule has 0 aliphatic carbocycles. The molecule has 7 heteroatoms. The first-order valence-corrected chi connectivity index (χ1v) is 9.89. The van der Waals surface area contributed by atoms with Crippen LogP contribution in [0.5, 0.6) is 5.75 Å². The molecule has 26 heavy (non-hydrogen) atoms. The van der Waals surface area contributed by atoms with Crippen molar-refractivity contribution in [2.75, 3.05) is 33.0 Å². The van der Waals surface area contributed by atoms with E-state index in [4.69, 9.17) is 4.74 Å². The number of aliphatic imine (C=N–C) groups is 1. The highest BCUT2D eigenvalue weighted by Gasteiger charge is 2.08. The number of methoxy groups -OCH3 is 1. The number of rotatable bonds is 10. The minimum Gasteiger partial charge on any atom is -0.496 e. The second-order valence-corrected chi connectivity index (χ2v) is 7.13. The van der Waals surface area contributed by atoms with Crippen molar-refractivity contribution in [3.63, 3.8) is 0 Å². The number of ether oxygens (including phenoxy) is 1. The number of hydrogen-bond acceptors (Lipinski definition) is 4. The number of benzene rings is 1. The summed E-state index contributed by atoms with van der Waals surface area (Å²) < 4.78 is 7.34. The van der Waals surface area contributed by atoms with Crippen molar-refractivity contribution < 1.29 is 4.74 Å². The van der Waals surface area contributed by atoms with Gasteiger partial charge in [0.1, 0.15) is 5.75 Å². The van der Waals surface area contributed by atoms with Gasteiger partial charge in [0.05, 0.1) is 7.11 Å². The van der Waals surface area contributed by atoms with Crippen LogP contribution in [0.2, 0.25) is 0 Å². The Morgan fingerprint density at radius 3 is 2.88 bits per heavy atom. The van der Waals surface area contributed by atoms with Crippen molar-refractivity contribution >= 4 is 17.7 Å². The molecule has 0 saturated carbocycles. The SMILES string of the molecule is CN=C(NCCCn1cccn1)NCC(C)CSc1ccccc1OC. The van der Waals surface area contributed by atoms with Crippen LogP contribution in [0.15, 0.2) is 52.6 Å². The van der Waals surface area contributed by atoms with Crippen LogP contribution in [0.4, 0.5) is 0 Å². The van der Waals surface area contributed by atoms with Crippen molar-refractivity contribution in [1.29, 1.82) is 0 Å². The largest absolute Gasteiger partial charge is 0.496 e. The van der Waals surface area contributed by atoms with Gasteiger partial charge in [-0.05, 0) is 30.5 Å².